The van der Waals surface area contributed by atoms with E-state index >= 15 is 0 Å². The summed E-state index contributed by atoms with van der Waals surface area (Å²) in [5.41, 5.74) is 0.0130. The number of alkyl halides is 3. The van der Waals surface area contributed by atoms with Gasteiger partial charge in [-0.25, -0.2) is 4.98 Å². The zero-order valence-electron chi connectivity index (χ0n) is 18.6. The van der Waals surface area contributed by atoms with Gasteiger partial charge in [-0.3, -0.25) is 4.79 Å². The monoisotopic (exact) mass is 543 g/mol. The van der Waals surface area contributed by atoms with E-state index < -0.39 is 28.5 Å². The molecule has 2 aromatic carbocycles. The highest BCUT2D eigenvalue weighted by molar-refractivity contribution is 8.00. The molecule has 10 heteroatoms. The Morgan fingerprint density at radius 2 is 1.89 bits per heavy atom. The number of thiophene rings is 1. The van der Waals surface area contributed by atoms with Crippen molar-refractivity contribution in [2.45, 2.75) is 23.4 Å². The molecule has 0 unspecified atom stereocenters. The summed E-state index contributed by atoms with van der Waals surface area (Å²) < 4.78 is 41.9. The number of hydrogen-bond acceptors (Lipinski definition) is 5. The summed E-state index contributed by atoms with van der Waals surface area (Å²) >= 11 is 8.30. The average Bonchev–Trinajstić information content (AvgIpc) is 3.39. The van der Waals surface area contributed by atoms with Gasteiger partial charge >= 0.3 is 6.18 Å². The molecule has 0 aliphatic carbocycles. The van der Waals surface area contributed by atoms with E-state index in [0.717, 1.165) is 23.4 Å². The number of carbonyl (C=O) groups excluding carboxylic acids is 1. The maximum atomic E-state index is 14.0. The summed E-state index contributed by atoms with van der Waals surface area (Å²) in [6.07, 6.45) is -4.78. The number of benzene rings is 2. The highest BCUT2D eigenvalue weighted by Crippen LogP contribution is 2.43. The fourth-order valence-electron chi connectivity index (χ4n) is 3.48. The molecule has 0 fully saturated rings. The van der Waals surface area contributed by atoms with Crippen LogP contribution >= 0.6 is 34.7 Å². The first-order valence-electron chi connectivity index (χ1n) is 10.5. The van der Waals surface area contributed by atoms with Crippen molar-refractivity contribution in [3.8, 4) is 16.6 Å². The Balaban J connectivity index is 1.83. The largest absolute Gasteiger partial charge is 0.417 e. The Morgan fingerprint density at radius 1 is 1.14 bits per heavy atom. The molecule has 2 heterocycles. The lowest BCUT2D eigenvalue weighted by Crippen LogP contribution is -2.20. The Morgan fingerprint density at radius 3 is 2.50 bits per heavy atom. The van der Waals surface area contributed by atoms with Gasteiger partial charge in [-0.15, -0.1) is 11.3 Å². The molecule has 4 aromatic rings. The van der Waals surface area contributed by atoms with Gasteiger partial charge in [0.1, 0.15) is 16.3 Å². The summed E-state index contributed by atoms with van der Waals surface area (Å²) in [5.74, 6) is -0.511. The quantitative estimate of drug-likeness (QED) is 0.249. The minimum Gasteiger partial charge on any atom is -0.323 e. The lowest BCUT2D eigenvalue weighted by atomic mass is 10.1. The first-order valence-corrected chi connectivity index (χ1v) is 12.7. The van der Waals surface area contributed by atoms with Gasteiger partial charge in [0.15, 0.2) is 0 Å². The predicted molar refractivity (Wildman–Crippen MR) is 137 cm³/mol. The van der Waals surface area contributed by atoms with Crippen molar-refractivity contribution < 1.29 is 18.0 Å². The standard InChI is InChI=1S/C26H17ClF3N3OS2/c1-15-7-5-10-19(27)22(15)33-24(34)23(16-8-3-2-4-9-16)36-25-17(14-31)18(26(28,29)30)13-20(32-25)21-11-6-12-35-21/h2-13,23H,1H3,(H,33,34)/t23-/m0/s1. The van der Waals surface area contributed by atoms with Crippen LogP contribution in [0.3, 0.4) is 0 Å². The lowest BCUT2D eigenvalue weighted by Gasteiger charge is -2.20. The van der Waals surface area contributed by atoms with Crippen LogP contribution in [0, 0.1) is 18.3 Å². The molecule has 0 saturated carbocycles. The number of aromatic nitrogens is 1. The number of aryl methyl sites for hydroxylation is 1. The molecule has 0 bridgehead atoms. The number of carbonyl (C=O) groups is 1. The molecule has 36 heavy (non-hydrogen) atoms. The third kappa shape index (κ3) is 5.57. The average molecular weight is 544 g/mol. The summed E-state index contributed by atoms with van der Waals surface area (Å²) in [4.78, 5) is 18.4. The van der Waals surface area contributed by atoms with Crippen molar-refractivity contribution in [2.24, 2.45) is 0 Å². The van der Waals surface area contributed by atoms with Crippen molar-refractivity contribution in [1.29, 1.82) is 5.26 Å². The fourth-order valence-corrected chi connectivity index (χ4v) is 5.54. The van der Waals surface area contributed by atoms with Crippen LogP contribution in [-0.4, -0.2) is 10.9 Å². The van der Waals surface area contributed by atoms with Gasteiger partial charge in [-0.05, 0) is 41.6 Å². The number of rotatable bonds is 6. The molecule has 0 saturated heterocycles. The van der Waals surface area contributed by atoms with Crippen LogP contribution in [0.4, 0.5) is 18.9 Å². The topological polar surface area (TPSA) is 65.8 Å². The summed E-state index contributed by atoms with van der Waals surface area (Å²) in [5, 5.41) is 13.3. The van der Waals surface area contributed by atoms with Crippen LogP contribution in [0.2, 0.25) is 5.02 Å². The molecule has 0 aliphatic heterocycles. The number of pyridine rings is 1. The number of hydrogen-bond donors (Lipinski definition) is 1. The summed E-state index contributed by atoms with van der Waals surface area (Å²) in [7, 11) is 0. The number of thioether (sulfide) groups is 1. The molecule has 4 rings (SSSR count). The Kier molecular flexibility index (Phi) is 7.69. The molecule has 1 amide bonds. The van der Waals surface area contributed by atoms with Gasteiger partial charge in [0, 0.05) is 0 Å². The van der Waals surface area contributed by atoms with E-state index in [1.165, 1.54) is 11.3 Å². The molecule has 1 atom stereocenters. The SMILES string of the molecule is Cc1cccc(Cl)c1NC(=O)[C@@H](Sc1nc(-c2cccs2)cc(C(F)(F)F)c1C#N)c1ccccc1. The van der Waals surface area contributed by atoms with E-state index in [-0.39, 0.29) is 10.7 Å². The van der Waals surface area contributed by atoms with E-state index in [2.05, 4.69) is 10.3 Å². The van der Waals surface area contributed by atoms with E-state index in [1.54, 1.807) is 79.0 Å². The van der Waals surface area contributed by atoms with Crippen molar-refractivity contribution in [3.05, 3.63) is 99.4 Å². The Bertz CT molecular complexity index is 1420. The van der Waals surface area contributed by atoms with E-state index in [1.807, 2.05) is 0 Å². The molecule has 0 spiro atoms. The highest BCUT2D eigenvalue weighted by atomic mass is 35.5. The van der Waals surface area contributed by atoms with Gasteiger partial charge in [0.2, 0.25) is 5.91 Å². The van der Waals surface area contributed by atoms with Crippen molar-refractivity contribution >= 4 is 46.3 Å². The van der Waals surface area contributed by atoms with E-state index in [0.29, 0.717) is 21.2 Å². The van der Waals surface area contributed by atoms with Crippen molar-refractivity contribution in [1.82, 2.24) is 4.98 Å². The normalized spacial score (nSPS) is 12.1. The molecular weight excluding hydrogens is 527 g/mol. The first-order chi connectivity index (χ1) is 17.2. The smallest absolute Gasteiger partial charge is 0.323 e. The fraction of sp³-hybridized carbons (Fsp3) is 0.115. The molecule has 2 aromatic heterocycles. The first kappa shape index (κ1) is 25.8. The summed E-state index contributed by atoms with van der Waals surface area (Å²) in [6, 6.07) is 19.6. The van der Waals surface area contributed by atoms with Crippen LogP contribution < -0.4 is 5.32 Å². The van der Waals surface area contributed by atoms with Crippen LogP contribution in [0.5, 0.6) is 0 Å². The minimum absolute atomic E-state index is 0.0768. The molecule has 182 valence electrons. The van der Waals surface area contributed by atoms with Crippen LogP contribution in [0.1, 0.15) is 27.5 Å². The van der Waals surface area contributed by atoms with Crippen LogP contribution in [-0.2, 0) is 11.0 Å². The second-order valence-electron chi connectivity index (χ2n) is 7.65. The number of nitrogens with one attached hydrogen (secondary N) is 1. The van der Waals surface area contributed by atoms with Crippen molar-refractivity contribution in [3.63, 3.8) is 0 Å². The lowest BCUT2D eigenvalue weighted by molar-refractivity contribution is -0.138. The number of para-hydroxylation sites is 1. The molecule has 1 N–H and O–H groups in total. The number of nitrogens with zero attached hydrogens (tertiary/aromatic N) is 2. The number of anilines is 1. The van der Waals surface area contributed by atoms with Crippen molar-refractivity contribution in [2.75, 3.05) is 5.32 Å². The van der Waals surface area contributed by atoms with Gasteiger partial charge in [0.25, 0.3) is 0 Å². The van der Waals surface area contributed by atoms with Crippen LogP contribution in [0.15, 0.2) is 77.1 Å². The van der Waals surface area contributed by atoms with E-state index in [4.69, 9.17) is 11.6 Å². The highest BCUT2D eigenvalue weighted by Gasteiger charge is 2.37. The van der Waals surface area contributed by atoms with Gasteiger partial charge < -0.3 is 5.32 Å². The predicted octanol–water partition coefficient (Wildman–Crippen LogP) is 8.13. The number of amides is 1. The minimum atomic E-state index is -4.78. The second-order valence-corrected chi connectivity index (χ2v) is 10.1. The maximum absolute atomic E-state index is 14.0. The van der Waals surface area contributed by atoms with Gasteiger partial charge in [-0.1, -0.05) is 71.9 Å². The Hall–Kier alpha value is -3.32. The van der Waals surface area contributed by atoms with Gasteiger partial charge in [-0.2, -0.15) is 18.4 Å². The zero-order valence-corrected chi connectivity index (χ0v) is 21.0. The van der Waals surface area contributed by atoms with E-state index in [9.17, 15) is 23.2 Å². The molecular formula is C26H17ClF3N3OS2. The number of halogens is 4. The third-order valence-corrected chi connectivity index (χ3v) is 7.67. The number of nitriles is 1. The molecule has 4 nitrogen and oxygen atoms in total. The maximum Gasteiger partial charge on any atom is 0.417 e. The molecule has 0 aliphatic rings. The Labute approximate surface area is 218 Å². The summed E-state index contributed by atoms with van der Waals surface area (Å²) in [6.45, 7) is 1.78. The van der Waals surface area contributed by atoms with Crippen LogP contribution in [0.25, 0.3) is 10.6 Å². The molecule has 0 radical (unpaired) electrons. The zero-order chi connectivity index (χ0) is 25.9. The second kappa shape index (κ2) is 10.7. The van der Waals surface area contributed by atoms with Gasteiger partial charge in [0.05, 0.1) is 32.4 Å². The third-order valence-electron chi connectivity index (χ3n) is 5.22.